The molecular formula is C27H26N2O4. The number of esters is 1. The summed E-state index contributed by atoms with van der Waals surface area (Å²) < 4.78 is 10.5. The predicted molar refractivity (Wildman–Crippen MR) is 129 cm³/mol. The fraction of sp³-hybridized carbons (Fsp3) is 0.185. The first-order valence-electron chi connectivity index (χ1n) is 10.9. The minimum atomic E-state index is -0.410. The SMILES string of the molecule is CCOCCOC(=O)c1cccc(NC(c2ccccc2)c2ccc3cccnc3c2O)c1. The molecule has 0 saturated heterocycles. The summed E-state index contributed by atoms with van der Waals surface area (Å²) >= 11 is 0. The van der Waals surface area contributed by atoms with Crippen molar-refractivity contribution in [2.24, 2.45) is 0 Å². The molecule has 1 aromatic heterocycles. The Kier molecular flexibility index (Phi) is 7.17. The monoisotopic (exact) mass is 442 g/mol. The summed E-state index contributed by atoms with van der Waals surface area (Å²) in [6, 6.07) is 24.2. The Morgan fingerprint density at radius 3 is 2.67 bits per heavy atom. The van der Waals surface area contributed by atoms with Gasteiger partial charge in [-0.2, -0.15) is 0 Å². The number of hydrogen-bond acceptors (Lipinski definition) is 6. The minimum Gasteiger partial charge on any atom is -0.505 e. The molecule has 1 heterocycles. The van der Waals surface area contributed by atoms with Crippen molar-refractivity contribution >= 4 is 22.6 Å². The van der Waals surface area contributed by atoms with Gasteiger partial charge in [0.15, 0.2) is 0 Å². The van der Waals surface area contributed by atoms with Gasteiger partial charge < -0.3 is 19.9 Å². The number of pyridine rings is 1. The highest BCUT2D eigenvalue weighted by molar-refractivity contribution is 5.90. The van der Waals surface area contributed by atoms with Crippen LogP contribution in [0.15, 0.2) is 85.1 Å². The third-order valence-electron chi connectivity index (χ3n) is 5.30. The third kappa shape index (κ3) is 5.30. The maximum atomic E-state index is 12.4. The zero-order valence-electron chi connectivity index (χ0n) is 18.4. The minimum absolute atomic E-state index is 0.126. The molecule has 168 valence electrons. The van der Waals surface area contributed by atoms with Gasteiger partial charge in [0.1, 0.15) is 17.9 Å². The van der Waals surface area contributed by atoms with E-state index in [9.17, 15) is 9.90 Å². The molecule has 0 saturated carbocycles. The second-order valence-electron chi connectivity index (χ2n) is 7.48. The summed E-state index contributed by atoms with van der Waals surface area (Å²) in [6.07, 6.45) is 1.66. The van der Waals surface area contributed by atoms with Crippen LogP contribution in [0, 0.1) is 0 Å². The molecule has 0 aliphatic rings. The number of rotatable bonds is 9. The summed E-state index contributed by atoms with van der Waals surface area (Å²) in [5.74, 6) is -0.284. The molecule has 0 spiro atoms. The van der Waals surface area contributed by atoms with E-state index in [1.807, 2.05) is 67.6 Å². The van der Waals surface area contributed by atoms with Crippen LogP contribution in [0.2, 0.25) is 0 Å². The van der Waals surface area contributed by atoms with Crippen LogP contribution in [0.4, 0.5) is 5.69 Å². The lowest BCUT2D eigenvalue weighted by atomic mass is 9.96. The molecule has 0 aliphatic heterocycles. The Hall–Kier alpha value is -3.90. The molecule has 33 heavy (non-hydrogen) atoms. The van der Waals surface area contributed by atoms with Crippen molar-refractivity contribution in [3.63, 3.8) is 0 Å². The highest BCUT2D eigenvalue weighted by Crippen LogP contribution is 2.36. The number of hydrogen-bond donors (Lipinski definition) is 2. The van der Waals surface area contributed by atoms with Gasteiger partial charge in [-0.15, -0.1) is 0 Å². The van der Waals surface area contributed by atoms with E-state index in [0.717, 1.165) is 16.6 Å². The Morgan fingerprint density at radius 1 is 1.00 bits per heavy atom. The number of aromatic hydroxyl groups is 1. The highest BCUT2D eigenvalue weighted by Gasteiger charge is 2.20. The fourth-order valence-electron chi connectivity index (χ4n) is 3.69. The quantitative estimate of drug-likeness (QED) is 0.269. The number of carbonyl (C=O) groups is 1. The Bertz CT molecular complexity index is 1230. The van der Waals surface area contributed by atoms with E-state index >= 15 is 0 Å². The number of phenolic OH excluding ortho intramolecular Hbond substituents is 1. The number of nitrogens with zero attached hydrogens (tertiary/aromatic N) is 1. The van der Waals surface area contributed by atoms with E-state index < -0.39 is 5.97 Å². The summed E-state index contributed by atoms with van der Waals surface area (Å²) in [4.78, 5) is 16.8. The normalized spacial score (nSPS) is 11.8. The molecule has 0 fully saturated rings. The van der Waals surface area contributed by atoms with Crippen LogP contribution >= 0.6 is 0 Å². The van der Waals surface area contributed by atoms with Gasteiger partial charge in [0.25, 0.3) is 0 Å². The second-order valence-corrected chi connectivity index (χ2v) is 7.48. The topological polar surface area (TPSA) is 80.7 Å². The van der Waals surface area contributed by atoms with Crippen molar-refractivity contribution in [3.8, 4) is 5.75 Å². The van der Waals surface area contributed by atoms with Crippen LogP contribution in [0.25, 0.3) is 10.9 Å². The van der Waals surface area contributed by atoms with E-state index in [1.165, 1.54) is 0 Å². The molecule has 3 aromatic carbocycles. The lowest BCUT2D eigenvalue weighted by Crippen LogP contribution is -2.14. The first kappa shape index (κ1) is 22.3. The number of nitrogens with one attached hydrogen (secondary N) is 1. The zero-order chi connectivity index (χ0) is 23.0. The molecule has 0 bridgehead atoms. The number of fused-ring (bicyclic) bond motifs is 1. The zero-order valence-corrected chi connectivity index (χ0v) is 18.4. The van der Waals surface area contributed by atoms with Crippen LogP contribution in [0.5, 0.6) is 5.75 Å². The van der Waals surface area contributed by atoms with Crippen molar-refractivity contribution in [1.29, 1.82) is 0 Å². The number of ether oxygens (including phenoxy) is 2. The highest BCUT2D eigenvalue weighted by atomic mass is 16.6. The number of carbonyl (C=O) groups excluding carboxylic acids is 1. The van der Waals surface area contributed by atoms with Crippen molar-refractivity contribution in [2.75, 3.05) is 25.1 Å². The van der Waals surface area contributed by atoms with Crippen molar-refractivity contribution in [2.45, 2.75) is 13.0 Å². The van der Waals surface area contributed by atoms with E-state index in [1.54, 1.807) is 24.4 Å². The molecular weight excluding hydrogens is 416 g/mol. The number of aromatic nitrogens is 1. The van der Waals surface area contributed by atoms with Gasteiger partial charge in [0.2, 0.25) is 0 Å². The third-order valence-corrected chi connectivity index (χ3v) is 5.30. The Morgan fingerprint density at radius 2 is 1.85 bits per heavy atom. The van der Waals surface area contributed by atoms with Gasteiger partial charge in [-0.25, -0.2) is 4.79 Å². The lowest BCUT2D eigenvalue weighted by molar-refractivity contribution is 0.0335. The lowest BCUT2D eigenvalue weighted by Gasteiger charge is -2.23. The molecule has 4 rings (SSSR count). The number of phenols is 1. The van der Waals surface area contributed by atoms with Crippen molar-refractivity contribution < 1.29 is 19.4 Å². The predicted octanol–water partition coefficient (Wildman–Crippen LogP) is 5.34. The first-order valence-corrected chi connectivity index (χ1v) is 10.9. The smallest absolute Gasteiger partial charge is 0.338 e. The van der Waals surface area contributed by atoms with Crippen LogP contribution in [0.1, 0.15) is 34.5 Å². The first-order chi connectivity index (χ1) is 16.2. The molecule has 1 atom stereocenters. The van der Waals surface area contributed by atoms with Gasteiger partial charge in [-0.05, 0) is 36.8 Å². The molecule has 2 N–H and O–H groups in total. The van der Waals surface area contributed by atoms with Gasteiger partial charge >= 0.3 is 5.97 Å². The number of benzene rings is 3. The average Bonchev–Trinajstić information content (AvgIpc) is 2.86. The molecule has 0 aliphatic carbocycles. The summed E-state index contributed by atoms with van der Waals surface area (Å²) in [7, 11) is 0. The molecule has 0 amide bonds. The summed E-state index contributed by atoms with van der Waals surface area (Å²) in [6.45, 7) is 3.04. The van der Waals surface area contributed by atoms with Crippen molar-refractivity contribution in [3.05, 3.63) is 102 Å². The Balaban J connectivity index is 1.64. The largest absolute Gasteiger partial charge is 0.505 e. The standard InChI is InChI=1S/C27H26N2O4/c1-2-32-16-17-33-27(31)21-10-6-12-22(18-21)29-24(19-8-4-3-5-9-19)23-14-13-20-11-7-15-28-25(20)26(23)30/h3-15,18,24,29-30H,2,16-17H2,1H3. The maximum absolute atomic E-state index is 12.4. The van der Waals surface area contributed by atoms with Crippen LogP contribution < -0.4 is 5.32 Å². The number of anilines is 1. The summed E-state index contributed by atoms with van der Waals surface area (Å²) in [5.41, 5.74) is 3.37. The van der Waals surface area contributed by atoms with E-state index in [-0.39, 0.29) is 18.4 Å². The van der Waals surface area contributed by atoms with Gasteiger partial charge in [0, 0.05) is 29.4 Å². The summed E-state index contributed by atoms with van der Waals surface area (Å²) in [5, 5.41) is 15.4. The maximum Gasteiger partial charge on any atom is 0.338 e. The van der Waals surface area contributed by atoms with Gasteiger partial charge in [0.05, 0.1) is 18.2 Å². The van der Waals surface area contributed by atoms with Crippen molar-refractivity contribution in [1.82, 2.24) is 4.98 Å². The van der Waals surface area contributed by atoms with E-state index in [4.69, 9.17) is 9.47 Å². The van der Waals surface area contributed by atoms with Crippen LogP contribution in [-0.2, 0) is 9.47 Å². The molecule has 1 unspecified atom stereocenters. The van der Waals surface area contributed by atoms with E-state index in [2.05, 4.69) is 10.3 Å². The van der Waals surface area contributed by atoms with Gasteiger partial charge in [-0.3, -0.25) is 4.98 Å². The van der Waals surface area contributed by atoms with E-state index in [0.29, 0.717) is 29.9 Å². The molecule has 0 radical (unpaired) electrons. The van der Waals surface area contributed by atoms with Gasteiger partial charge in [-0.1, -0.05) is 54.6 Å². The Labute approximate surface area is 192 Å². The second kappa shape index (κ2) is 10.6. The molecule has 6 nitrogen and oxygen atoms in total. The average molecular weight is 443 g/mol. The van der Waals surface area contributed by atoms with Crippen LogP contribution in [-0.4, -0.2) is 35.9 Å². The molecule has 4 aromatic rings. The molecule has 6 heteroatoms. The van der Waals surface area contributed by atoms with Crippen LogP contribution in [0.3, 0.4) is 0 Å². The fourth-order valence-corrected chi connectivity index (χ4v) is 3.69.